The molecule has 1 N–H and O–H groups in total. The molecule has 5 heterocycles. The zero-order valence-electron chi connectivity index (χ0n) is 31.0. The molecule has 284 valence electrons. The summed E-state index contributed by atoms with van der Waals surface area (Å²) in [5.74, 6) is -0.505. The molecule has 4 aromatic rings. The fourth-order valence-electron chi connectivity index (χ4n) is 6.84. The summed E-state index contributed by atoms with van der Waals surface area (Å²) in [6, 6.07) is 7.26. The number of carbonyl (C=O) groups excluding carboxylic acids is 2. The van der Waals surface area contributed by atoms with Crippen LogP contribution in [0, 0.1) is 24.6 Å². The molecule has 15 heteroatoms. The molecule has 0 radical (unpaired) electrons. The molecule has 2 fully saturated rings. The predicted octanol–water partition coefficient (Wildman–Crippen LogP) is 5.09. The highest BCUT2D eigenvalue weighted by molar-refractivity contribution is 6.03. The molecule has 7 rings (SSSR count). The van der Waals surface area contributed by atoms with Crippen molar-refractivity contribution in [1.29, 1.82) is 0 Å². The number of nitrogens with zero attached hydrogens (tertiary/aromatic N) is 7. The van der Waals surface area contributed by atoms with Gasteiger partial charge in [-0.1, -0.05) is 6.07 Å². The van der Waals surface area contributed by atoms with Crippen LogP contribution in [0.4, 0.5) is 14.9 Å². The first-order chi connectivity index (χ1) is 25.8. The normalized spacial score (nSPS) is 16.5. The van der Waals surface area contributed by atoms with Crippen LogP contribution in [0.15, 0.2) is 58.6 Å². The van der Waals surface area contributed by atoms with E-state index in [1.807, 2.05) is 27.7 Å². The molecule has 0 unspecified atom stereocenters. The van der Waals surface area contributed by atoms with E-state index in [0.29, 0.717) is 44.4 Å². The highest BCUT2D eigenvalue weighted by Gasteiger charge is 2.30. The van der Waals surface area contributed by atoms with E-state index in [-0.39, 0.29) is 34.8 Å². The molecule has 0 atom stereocenters. The second-order valence-electron chi connectivity index (χ2n) is 15.5. The number of aryl methyl sites for hydroxylation is 1. The Kier molecular flexibility index (Phi) is 10.3. The third-order valence-electron chi connectivity index (χ3n) is 9.90. The van der Waals surface area contributed by atoms with Crippen LogP contribution in [-0.2, 0) is 24.2 Å². The van der Waals surface area contributed by atoms with Gasteiger partial charge >= 0.3 is 11.8 Å². The zero-order chi connectivity index (χ0) is 38.1. The minimum Gasteiger partial charge on any atom is -0.444 e. The average Bonchev–Trinajstić information content (AvgIpc) is 3.95. The van der Waals surface area contributed by atoms with Gasteiger partial charge in [-0.15, -0.1) is 0 Å². The van der Waals surface area contributed by atoms with E-state index in [1.165, 1.54) is 29.2 Å². The second-order valence-corrected chi connectivity index (χ2v) is 15.5. The maximum atomic E-state index is 15.5. The molecule has 14 nitrogen and oxygen atoms in total. The summed E-state index contributed by atoms with van der Waals surface area (Å²) in [7, 11) is 0. The summed E-state index contributed by atoms with van der Waals surface area (Å²) >= 11 is 0. The predicted molar refractivity (Wildman–Crippen MR) is 198 cm³/mol. The van der Waals surface area contributed by atoms with Crippen molar-refractivity contribution < 1.29 is 23.5 Å². The van der Waals surface area contributed by atoms with E-state index in [1.54, 1.807) is 23.2 Å². The number of piperidine rings is 1. The maximum Gasteiger partial charge on any atom is 0.410 e. The van der Waals surface area contributed by atoms with Crippen LogP contribution in [0.2, 0.25) is 0 Å². The second kappa shape index (κ2) is 15.1. The van der Waals surface area contributed by atoms with Crippen molar-refractivity contribution in [2.45, 2.75) is 78.5 Å². The first-order valence-corrected chi connectivity index (χ1v) is 18.4. The van der Waals surface area contributed by atoms with Crippen molar-refractivity contribution in [3.63, 3.8) is 0 Å². The van der Waals surface area contributed by atoms with E-state index < -0.39 is 28.6 Å². The Morgan fingerprint density at radius 3 is 2.41 bits per heavy atom. The third-order valence-corrected chi connectivity index (χ3v) is 9.90. The lowest BCUT2D eigenvalue weighted by atomic mass is 9.95. The van der Waals surface area contributed by atoms with Crippen molar-refractivity contribution in [2.24, 2.45) is 11.8 Å². The van der Waals surface area contributed by atoms with Gasteiger partial charge in [0.25, 0.3) is 11.5 Å². The Balaban J connectivity index is 1.00. The van der Waals surface area contributed by atoms with Crippen LogP contribution in [-0.4, -0.2) is 77.7 Å². The number of fused-ring (bicyclic) bond motifs is 1. The molecule has 0 spiro atoms. The Hall–Kier alpha value is -5.44. The van der Waals surface area contributed by atoms with Crippen molar-refractivity contribution in [3.8, 4) is 17.4 Å². The summed E-state index contributed by atoms with van der Waals surface area (Å²) in [5, 5.41) is 2.60. The topological polar surface area (TPSA) is 154 Å². The Morgan fingerprint density at radius 1 is 0.963 bits per heavy atom. The van der Waals surface area contributed by atoms with Gasteiger partial charge in [0.05, 0.1) is 5.69 Å². The Labute approximate surface area is 312 Å². The molecule has 1 saturated carbocycles. The van der Waals surface area contributed by atoms with Gasteiger partial charge in [-0.2, -0.15) is 0 Å². The van der Waals surface area contributed by atoms with Crippen LogP contribution < -0.4 is 21.3 Å². The number of benzene rings is 1. The summed E-state index contributed by atoms with van der Waals surface area (Å²) < 4.78 is 29.2. The first-order valence-electron chi connectivity index (χ1n) is 18.4. The van der Waals surface area contributed by atoms with Crippen LogP contribution in [0.25, 0.3) is 5.82 Å². The van der Waals surface area contributed by atoms with E-state index in [0.717, 1.165) is 66.2 Å². The fourth-order valence-corrected chi connectivity index (χ4v) is 6.84. The van der Waals surface area contributed by atoms with E-state index in [4.69, 9.17) is 9.47 Å². The molecule has 1 aliphatic carbocycles. The van der Waals surface area contributed by atoms with E-state index >= 15 is 4.39 Å². The number of amides is 2. The molecule has 54 heavy (non-hydrogen) atoms. The van der Waals surface area contributed by atoms with Gasteiger partial charge in [0.2, 0.25) is 5.88 Å². The standard InChI is InChI=1S/C39H45FN8O6/c1-24-5-10-33(41-18-24)48-36(50)29(21-47(37(48)51)20-25-6-7-25)34(49)44-27-8-9-32(30(40)17-27)53-35-28-13-14-45(22-31(28)42-23-43-35)19-26-11-15-46(16-12-26)38(52)54-39(2,3)4/h5,8-10,17-18,21,23,25-26H,6-7,11-16,19-20,22H2,1-4H3,(H,44,49). The molecule has 2 amide bonds. The van der Waals surface area contributed by atoms with Gasteiger partial charge in [-0.3, -0.25) is 19.1 Å². The first kappa shape index (κ1) is 36.9. The van der Waals surface area contributed by atoms with Crippen molar-refractivity contribution in [1.82, 2.24) is 33.9 Å². The summed E-state index contributed by atoms with van der Waals surface area (Å²) in [4.78, 5) is 69.9. The van der Waals surface area contributed by atoms with Gasteiger partial charge < -0.3 is 19.7 Å². The monoisotopic (exact) mass is 740 g/mol. The van der Waals surface area contributed by atoms with Crippen LogP contribution >= 0.6 is 0 Å². The van der Waals surface area contributed by atoms with Gasteiger partial charge in [-0.25, -0.2) is 33.5 Å². The lowest BCUT2D eigenvalue weighted by Gasteiger charge is -2.36. The number of ether oxygens (including phenoxy) is 2. The Bertz CT molecular complexity index is 2170. The quantitative estimate of drug-likeness (QED) is 0.246. The van der Waals surface area contributed by atoms with Crippen molar-refractivity contribution in [2.75, 3.05) is 31.5 Å². The van der Waals surface area contributed by atoms with E-state index in [9.17, 15) is 19.2 Å². The molecule has 2 aliphatic heterocycles. The molecular formula is C39H45FN8O6. The minimum atomic E-state index is -0.822. The van der Waals surface area contributed by atoms with Gasteiger partial charge in [0, 0.05) is 69.0 Å². The van der Waals surface area contributed by atoms with Crippen molar-refractivity contribution in [3.05, 3.63) is 98.1 Å². The van der Waals surface area contributed by atoms with Crippen molar-refractivity contribution >= 4 is 17.7 Å². The molecule has 1 aromatic carbocycles. The number of hydrogen-bond donors (Lipinski definition) is 1. The summed E-state index contributed by atoms with van der Waals surface area (Å²) in [5.41, 5.74) is 0.381. The number of aromatic nitrogens is 5. The van der Waals surface area contributed by atoms with Gasteiger partial charge in [0.15, 0.2) is 11.6 Å². The largest absolute Gasteiger partial charge is 0.444 e. The number of hydrogen-bond acceptors (Lipinski definition) is 10. The maximum absolute atomic E-state index is 15.5. The number of halogens is 1. The van der Waals surface area contributed by atoms with Crippen LogP contribution in [0.3, 0.4) is 0 Å². The zero-order valence-corrected chi connectivity index (χ0v) is 31.0. The number of pyridine rings is 1. The fraction of sp³-hybridized carbons (Fsp3) is 0.462. The Morgan fingerprint density at radius 2 is 1.72 bits per heavy atom. The number of rotatable bonds is 9. The number of carbonyl (C=O) groups is 2. The molecule has 3 aromatic heterocycles. The minimum absolute atomic E-state index is 0.0844. The van der Waals surface area contributed by atoms with Crippen LogP contribution in [0.5, 0.6) is 11.6 Å². The number of nitrogens with one attached hydrogen (secondary N) is 1. The van der Waals surface area contributed by atoms with Gasteiger partial charge in [0.1, 0.15) is 23.3 Å². The summed E-state index contributed by atoms with van der Waals surface area (Å²) in [6.07, 6.45) is 8.28. The number of likely N-dealkylation sites (tertiary alicyclic amines) is 1. The molecular weight excluding hydrogens is 695 g/mol. The lowest BCUT2D eigenvalue weighted by Crippen LogP contribution is -2.44. The summed E-state index contributed by atoms with van der Waals surface area (Å²) in [6.45, 7) is 11.4. The van der Waals surface area contributed by atoms with Crippen LogP contribution in [0.1, 0.15) is 73.6 Å². The van der Waals surface area contributed by atoms with Gasteiger partial charge in [-0.05, 0) is 95.4 Å². The smallest absolute Gasteiger partial charge is 0.410 e. The molecule has 3 aliphatic rings. The highest BCUT2D eigenvalue weighted by atomic mass is 19.1. The highest BCUT2D eigenvalue weighted by Crippen LogP contribution is 2.32. The molecule has 1 saturated heterocycles. The average molecular weight is 741 g/mol. The number of anilines is 1. The van der Waals surface area contributed by atoms with E-state index in [2.05, 4.69) is 25.2 Å². The SMILES string of the molecule is Cc1ccc(-n2c(=O)c(C(=O)Nc3ccc(Oc4ncnc5c4CCN(CC4CCN(C(=O)OC(C)(C)C)CC4)C5)c(F)c3)cn(CC3CC3)c2=O)nc1. The third kappa shape index (κ3) is 8.51. The molecule has 0 bridgehead atoms. The lowest BCUT2D eigenvalue weighted by molar-refractivity contribution is 0.0167.